The predicted octanol–water partition coefficient (Wildman–Crippen LogP) is 3.02. The number of fused-ring (bicyclic) bond motifs is 2. The van der Waals surface area contributed by atoms with Crippen LogP contribution in [-0.4, -0.2) is 41.9 Å². The van der Waals surface area contributed by atoms with Crippen LogP contribution in [0, 0.1) is 20.8 Å². The van der Waals surface area contributed by atoms with Gasteiger partial charge < -0.3 is 9.32 Å². The maximum absolute atomic E-state index is 13.4. The molecule has 158 valence electrons. The molecule has 0 radical (unpaired) electrons. The molecule has 4 aromatic heterocycles. The van der Waals surface area contributed by atoms with Gasteiger partial charge in [0.2, 0.25) is 0 Å². The Morgan fingerprint density at radius 3 is 2.87 bits per heavy atom. The Hall–Kier alpha value is -3.55. The summed E-state index contributed by atoms with van der Waals surface area (Å²) in [6, 6.07) is 5.94. The number of carbonyl (C=O) groups excluding carboxylic acids is 1. The summed E-state index contributed by atoms with van der Waals surface area (Å²) >= 11 is 0. The molecule has 0 saturated carbocycles. The number of nitrogens with zero attached hydrogens (tertiary/aromatic N) is 6. The lowest BCUT2D eigenvalue weighted by atomic mass is 10.1. The normalized spacial score (nSPS) is 13.6. The standard InChI is InChI=1S/C23H24N6O2/c1-14-11-15(2)29-22(25-14)21(16(3)27-29)23(30)28-10-8-19-18(13-28)26-20(31-19)7-6-17-5-4-9-24-12-17/h4-5,9,11-12H,6-8,10,13H2,1-3H3. The molecule has 0 N–H and O–H groups in total. The number of hydrogen-bond donors (Lipinski definition) is 0. The Morgan fingerprint density at radius 1 is 1.19 bits per heavy atom. The van der Waals surface area contributed by atoms with Crippen LogP contribution >= 0.6 is 0 Å². The van der Waals surface area contributed by atoms with Gasteiger partial charge >= 0.3 is 0 Å². The van der Waals surface area contributed by atoms with E-state index in [0.717, 1.165) is 34.8 Å². The lowest BCUT2D eigenvalue weighted by Gasteiger charge is -2.25. The highest BCUT2D eigenvalue weighted by atomic mass is 16.4. The monoisotopic (exact) mass is 416 g/mol. The van der Waals surface area contributed by atoms with Gasteiger partial charge in [0.15, 0.2) is 11.5 Å². The molecular weight excluding hydrogens is 392 g/mol. The molecule has 0 aliphatic carbocycles. The summed E-state index contributed by atoms with van der Waals surface area (Å²) < 4.78 is 7.72. The lowest BCUT2D eigenvalue weighted by molar-refractivity contribution is 0.0729. The Kier molecular flexibility index (Phi) is 4.77. The van der Waals surface area contributed by atoms with E-state index in [9.17, 15) is 4.79 Å². The summed E-state index contributed by atoms with van der Waals surface area (Å²) in [5.41, 5.74) is 5.69. The lowest BCUT2D eigenvalue weighted by Crippen LogP contribution is -2.36. The summed E-state index contributed by atoms with van der Waals surface area (Å²) in [5, 5.41) is 4.54. The molecule has 1 aliphatic heterocycles. The van der Waals surface area contributed by atoms with Crippen LogP contribution in [0.2, 0.25) is 0 Å². The summed E-state index contributed by atoms with van der Waals surface area (Å²) in [6.45, 7) is 6.78. The van der Waals surface area contributed by atoms with Crippen LogP contribution < -0.4 is 0 Å². The number of amides is 1. The highest BCUT2D eigenvalue weighted by Gasteiger charge is 2.29. The molecule has 0 spiro atoms. The Bertz CT molecular complexity index is 1270. The van der Waals surface area contributed by atoms with Crippen LogP contribution in [0.4, 0.5) is 0 Å². The van der Waals surface area contributed by atoms with Crippen molar-refractivity contribution in [1.82, 2.24) is 29.5 Å². The number of aromatic nitrogens is 5. The molecule has 0 unspecified atom stereocenters. The van der Waals surface area contributed by atoms with Crippen LogP contribution in [-0.2, 0) is 25.8 Å². The zero-order valence-electron chi connectivity index (χ0n) is 17.9. The predicted molar refractivity (Wildman–Crippen MR) is 114 cm³/mol. The second-order valence-electron chi connectivity index (χ2n) is 8.05. The molecule has 8 nitrogen and oxygen atoms in total. The van der Waals surface area contributed by atoms with Gasteiger partial charge in [0.05, 0.1) is 12.2 Å². The molecule has 5 heterocycles. The molecule has 31 heavy (non-hydrogen) atoms. The van der Waals surface area contributed by atoms with Crippen LogP contribution in [0.15, 0.2) is 35.0 Å². The van der Waals surface area contributed by atoms with Gasteiger partial charge in [-0.15, -0.1) is 0 Å². The first-order chi connectivity index (χ1) is 15.0. The van der Waals surface area contributed by atoms with Crippen molar-refractivity contribution in [3.05, 3.63) is 76.1 Å². The minimum absolute atomic E-state index is 0.0597. The van der Waals surface area contributed by atoms with Crippen molar-refractivity contribution < 1.29 is 9.21 Å². The summed E-state index contributed by atoms with van der Waals surface area (Å²) in [4.78, 5) is 28.6. The quantitative estimate of drug-likeness (QED) is 0.508. The van der Waals surface area contributed by atoms with E-state index < -0.39 is 0 Å². The first-order valence-corrected chi connectivity index (χ1v) is 10.5. The molecule has 0 fully saturated rings. The van der Waals surface area contributed by atoms with E-state index in [2.05, 4.69) is 20.1 Å². The highest BCUT2D eigenvalue weighted by Crippen LogP contribution is 2.24. The highest BCUT2D eigenvalue weighted by molar-refractivity contribution is 6.01. The van der Waals surface area contributed by atoms with Crippen LogP contribution in [0.3, 0.4) is 0 Å². The number of rotatable bonds is 4. The van der Waals surface area contributed by atoms with Crippen LogP contribution in [0.25, 0.3) is 5.65 Å². The third kappa shape index (κ3) is 3.58. The summed E-state index contributed by atoms with van der Waals surface area (Å²) in [7, 11) is 0. The molecule has 8 heteroatoms. The minimum Gasteiger partial charge on any atom is -0.445 e. The maximum Gasteiger partial charge on any atom is 0.259 e. The smallest absolute Gasteiger partial charge is 0.259 e. The van der Waals surface area contributed by atoms with Crippen molar-refractivity contribution in [2.75, 3.05) is 6.54 Å². The Balaban J connectivity index is 1.36. The average Bonchev–Trinajstić information content (AvgIpc) is 3.32. The second-order valence-corrected chi connectivity index (χ2v) is 8.05. The first kappa shape index (κ1) is 19.4. The zero-order chi connectivity index (χ0) is 21.5. The van der Waals surface area contributed by atoms with Crippen molar-refractivity contribution in [1.29, 1.82) is 0 Å². The molecule has 4 aromatic rings. The number of oxazole rings is 1. The van der Waals surface area contributed by atoms with Crippen molar-refractivity contribution in [2.24, 2.45) is 0 Å². The van der Waals surface area contributed by atoms with Crippen molar-refractivity contribution in [2.45, 2.75) is 46.6 Å². The average molecular weight is 416 g/mol. The fourth-order valence-corrected chi connectivity index (χ4v) is 4.17. The fourth-order valence-electron chi connectivity index (χ4n) is 4.17. The Morgan fingerprint density at radius 2 is 2.06 bits per heavy atom. The minimum atomic E-state index is -0.0597. The second kappa shape index (κ2) is 7.61. The molecule has 0 bridgehead atoms. The van der Waals surface area contributed by atoms with Gasteiger partial charge in [0.1, 0.15) is 17.0 Å². The van der Waals surface area contributed by atoms with Gasteiger partial charge in [0.25, 0.3) is 5.91 Å². The van der Waals surface area contributed by atoms with Crippen LogP contribution in [0.5, 0.6) is 0 Å². The fraction of sp³-hybridized carbons (Fsp3) is 0.348. The van der Waals surface area contributed by atoms with Gasteiger partial charge in [0, 0.05) is 43.2 Å². The number of aryl methyl sites for hydroxylation is 5. The maximum atomic E-state index is 13.4. The zero-order valence-corrected chi connectivity index (χ0v) is 17.9. The molecule has 0 saturated heterocycles. The summed E-state index contributed by atoms with van der Waals surface area (Å²) in [5.74, 6) is 1.53. The van der Waals surface area contributed by atoms with Gasteiger partial charge in [-0.2, -0.15) is 5.10 Å². The number of pyridine rings is 1. The van der Waals surface area contributed by atoms with E-state index in [1.807, 2.05) is 50.1 Å². The van der Waals surface area contributed by atoms with E-state index in [0.29, 0.717) is 48.7 Å². The van der Waals surface area contributed by atoms with E-state index in [-0.39, 0.29) is 5.91 Å². The first-order valence-electron chi connectivity index (χ1n) is 10.5. The summed E-state index contributed by atoms with van der Waals surface area (Å²) in [6.07, 6.45) is 5.82. The van der Waals surface area contributed by atoms with Crippen molar-refractivity contribution >= 4 is 11.6 Å². The largest absolute Gasteiger partial charge is 0.445 e. The molecule has 5 rings (SSSR count). The van der Waals surface area contributed by atoms with Crippen LogP contribution in [0.1, 0.15) is 50.3 Å². The third-order valence-corrected chi connectivity index (χ3v) is 5.69. The van der Waals surface area contributed by atoms with E-state index in [1.54, 1.807) is 10.7 Å². The molecule has 1 aliphatic rings. The van der Waals surface area contributed by atoms with E-state index in [4.69, 9.17) is 4.42 Å². The van der Waals surface area contributed by atoms with E-state index in [1.165, 1.54) is 0 Å². The molecular formula is C23H24N6O2. The molecule has 0 aromatic carbocycles. The molecule has 1 amide bonds. The van der Waals surface area contributed by atoms with Gasteiger partial charge in [-0.25, -0.2) is 14.5 Å². The SMILES string of the molecule is Cc1cc(C)n2nc(C)c(C(=O)N3CCc4oc(CCc5cccnc5)nc4C3)c2n1. The van der Waals surface area contributed by atoms with Gasteiger partial charge in [-0.05, 0) is 44.9 Å². The van der Waals surface area contributed by atoms with Gasteiger partial charge in [-0.3, -0.25) is 9.78 Å². The van der Waals surface area contributed by atoms with E-state index >= 15 is 0 Å². The Labute approximate surface area is 180 Å². The molecule has 0 atom stereocenters. The number of hydrogen-bond acceptors (Lipinski definition) is 6. The van der Waals surface area contributed by atoms with Crippen molar-refractivity contribution in [3.63, 3.8) is 0 Å². The third-order valence-electron chi connectivity index (χ3n) is 5.69. The number of carbonyl (C=O) groups is 1. The topological polar surface area (TPSA) is 89.4 Å². The van der Waals surface area contributed by atoms with Gasteiger partial charge in [-0.1, -0.05) is 6.07 Å². The van der Waals surface area contributed by atoms with Crippen molar-refractivity contribution in [3.8, 4) is 0 Å².